The van der Waals surface area contributed by atoms with Crippen molar-refractivity contribution in [2.45, 2.75) is 26.8 Å². The smallest absolute Gasteiger partial charge is 0.284 e. The summed E-state index contributed by atoms with van der Waals surface area (Å²) < 4.78 is 0. The molecule has 0 radical (unpaired) electrons. The van der Waals surface area contributed by atoms with Crippen molar-refractivity contribution >= 4 is 12.2 Å². The zero-order valence-corrected chi connectivity index (χ0v) is 9.69. The minimum absolute atomic E-state index is 0.285. The number of hydrogen-bond donors (Lipinski definition) is 1. The Kier molecular flexibility index (Phi) is 4.70. The lowest BCUT2D eigenvalue weighted by atomic mass is 10.0. The van der Waals surface area contributed by atoms with Crippen LogP contribution in [0.4, 0.5) is 0 Å². The molecule has 0 heterocycles. The van der Waals surface area contributed by atoms with Crippen LogP contribution in [-0.2, 0) is 22.6 Å². The van der Waals surface area contributed by atoms with Gasteiger partial charge in [-0.2, -0.15) is 0 Å². The number of amides is 1. The van der Waals surface area contributed by atoms with Crippen molar-refractivity contribution in [3.8, 4) is 0 Å². The molecule has 86 valence electrons. The van der Waals surface area contributed by atoms with Crippen LogP contribution in [0.1, 0.15) is 25.0 Å². The highest BCUT2D eigenvalue weighted by Gasteiger charge is 2.00. The third-order valence-electron chi connectivity index (χ3n) is 2.24. The standard InChI is InChI=1S/C13H17NO2/c1-10(2)7-11-3-5-12(6-4-11)8-14-13(16)9-15/h3-6,9-10H,7-8H2,1-2H3,(H,14,16). The quantitative estimate of drug-likeness (QED) is 0.605. The van der Waals surface area contributed by atoms with Crippen molar-refractivity contribution in [1.29, 1.82) is 0 Å². The second kappa shape index (κ2) is 6.05. The van der Waals surface area contributed by atoms with Crippen LogP contribution < -0.4 is 5.32 Å². The van der Waals surface area contributed by atoms with Crippen molar-refractivity contribution in [3.63, 3.8) is 0 Å². The highest BCUT2D eigenvalue weighted by Crippen LogP contribution is 2.09. The number of aldehydes is 1. The maximum atomic E-state index is 10.7. The lowest BCUT2D eigenvalue weighted by Gasteiger charge is -2.06. The van der Waals surface area contributed by atoms with Crippen LogP contribution >= 0.6 is 0 Å². The second-order valence-corrected chi connectivity index (χ2v) is 4.25. The van der Waals surface area contributed by atoms with Gasteiger partial charge in [-0.05, 0) is 23.5 Å². The number of carbonyl (C=O) groups excluding carboxylic acids is 2. The van der Waals surface area contributed by atoms with Gasteiger partial charge in [-0.15, -0.1) is 0 Å². The van der Waals surface area contributed by atoms with Gasteiger partial charge in [0.2, 0.25) is 6.29 Å². The Hall–Kier alpha value is -1.64. The van der Waals surface area contributed by atoms with E-state index in [1.807, 2.05) is 12.1 Å². The first-order valence-electron chi connectivity index (χ1n) is 5.42. The molecular weight excluding hydrogens is 202 g/mol. The Balaban J connectivity index is 2.51. The minimum atomic E-state index is -0.578. The Morgan fingerprint density at radius 2 is 1.81 bits per heavy atom. The van der Waals surface area contributed by atoms with E-state index in [-0.39, 0.29) is 6.29 Å². The van der Waals surface area contributed by atoms with Gasteiger partial charge < -0.3 is 5.32 Å². The summed E-state index contributed by atoms with van der Waals surface area (Å²) in [6, 6.07) is 8.07. The zero-order valence-electron chi connectivity index (χ0n) is 9.69. The molecule has 1 rings (SSSR count). The first-order chi connectivity index (χ1) is 7.61. The summed E-state index contributed by atoms with van der Waals surface area (Å²) in [5.74, 6) is 0.0619. The SMILES string of the molecule is CC(C)Cc1ccc(CNC(=O)C=O)cc1. The van der Waals surface area contributed by atoms with Gasteiger partial charge in [-0.3, -0.25) is 9.59 Å². The summed E-state index contributed by atoms with van der Waals surface area (Å²) in [4.78, 5) is 20.8. The molecular formula is C13H17NO2. The Bertz CT molecular complexity index is 355. The van der Waals surface area contributed by atoms with E-state index in [0.29, 0.717) is 12.5 Å². The lowest BCUT2D eigenvalue weighted by molar-refractivity contribution is -0.131. The van der Waals surface area contributed by atoms with Crippen molar-refractivity contribution in [1.82, 2.24) is 5.32 Å². The summed E-state index contributed by atoms with van der Waals surface area (Å²) in [6.07, 6.45) is 1.34. The molecule has 16 heavy (non-hydrogen) atoms. The molecule has 0 fully saturated rings. The molecule has 1 aromatic carbocycles. The number of rotatable bonds is 5. The van der Waals surface area contributed by atoms with Crippen molar-refractivity contribution in [2.75, 3.05) is 0 Å². The molecule has 0 bridgehead atoms. The molecule has 0 aliphatic carbocycles. The molecule has 1 aromatic rings. The van der Waals surface area contributed by atoms with Crippen molar-refractivity contribution in [3.05, 3.63) is 35.4 Å². The predicted octanol–water partition coefficient (Wildman–Crippen LogP) is 1.70. The molecule has 1 amide bonds. The average molecular weight is 219 g/mol. The van der Waals surface area contributed by atoms with Gasteiger partial charge >= 0.3 is 0 Å². The van der Waals surface area contributed by atoms with Crippen LogP contribution in [0, 0.1) is 5.92 Å². The topological polar surface area (TPSA) is 46.2 Å². The van der Waals surface area contributed by atoms with E-state index in [1.165, 1.54) is 5.56 Å². The van der Waals surface area contributed by atoms with E-state index < -0.39 is 5.91 Å². The molecule has 0 saturated heterocycles. The fourth-order valence-corrected chi connectivity index (χ4v) is 1.50. The van der Waals surface area contributed by atoms with E-state index in [0.717, 1.165) is 12.0 Å². The van der Waals surface area contributed by atoms with Crippen molar-refractivity contribution in [2.24, 2.45) is 5.92 Å². The molecule has 1 N–H and O–H groups in total. The van der Waals surface area contributed by atoms with Crippen molar-refractivity contribution < 1.29 is 9.59 Å². The number of hydrogen-bond acceptors (Lipinski definition) is 2. The van der Waals surface area contributed by atoms with Crippen LogP contribution in [-0.4, -0.2) is 12.2 Å². The van der Waals surface area contributed by atoms with Gasteiger partial charge in [0.1, 0.15) is 0 Å². The second-order valence-electron chi connectivity index (χ2n) is 4.25. The first kappa shape index (κ1) is 12.4. The highest BCUT2D eigenvalue weighted by molar-refractivity contribution is 6.23. The Morgan fingerprint density at radius 3 is 2.31 bits per heavy atom. The molecule has 0 aliphatic heterocycles. The third-order valence-corrected chi connectivity index (χ3v) is 2.24. The fourth-order valence-electron chi connectivity index (χ4n) is 1.50. The summed E-state index contributed by atoms with van der Waals surface area (Å²) in [6.45, 7) is 4.76. The predicted molar refractivity (Wildman–Crippen MR) is 62.9 cm³/mol. The molecule has 0 aliphatic rings. The van der Waals surface area contributed by atoms with E-state index in [9.17, 15) is 9.59 Å². The van der Waals surface area contributed by atoms with Gasteiger partial charge in [0, 0.05) is 6.54 Å². The fraction of sp³-hybridized carbons (Fsp3) is 0.385. The summed E-state index contributed by atoms with van der Waals surface area (Å²) in [7, 11) is 0. The molecule has 3 heteroatoms. The highest BCUT2D eigenvalue weighted by atomic mass is 16.2. The molecule has 0 saturated carbocycles. The average Bonchev–Trinajstić information content (AvgIpc) is 2.27. The van der Waals surface area contributed by atoms with E-state index in [1.54, 1.807) is 0 Å². The Labute approximate surface area is 95.9 Å². The van der Waals surface area contributed by atoms with Gasteiger partial charge in [0.05, 0.1) is 0 Å². The number of nitrogens with one attached hydrogen (secondary N) is 1. The molecule has 0 aromatic heterocycles. The van der Waals surface area contributed by atoms with Gasteiger partial charge in [-0.25, -0.2) is 0 Å². The minimum Gasteiger partial charge on any atom is -0.346 e. The molecule has 0 unspecified atom stereocenters. The first-order valence-corrected chi connectivity index (χ1v) is 5.42. The van der Waals surface area contributed by atoms with Crippen LogP contribution in [0.3, 0.4) is 0 Å². The Morgan fingerprint density at radius 1 is 1.25 bits per heavy atom. The lowest BCUT2D eigenvalue weighted by Crippen LogP contribution is -2.23. The normalized spacial score (nSPS) is 10.2. The molecule has 3 nitrogen and oxygen atoms in total. The van der Waals surface area contributed by atoms with E-state index in [2.05, 4.69) is 31.3 Å². The molecule has 0 atom stereocenters. The maximum Gasteiger partial charge on any atom is 0.284 e. The molecule has 0 spiro atoms. The summed E-state index contributed by atoms with van der Waals surface area (Å²) in [5, 5.41) is 2.50. The van der Waals surface area contributed by atoms with Gasteiger partial charge in [0.15, 0.2) is 0 Å². The summed E-state index contributed by atoms with van der Waals surface area (Å²) >= 11 is 0. The summed E-state index contributed by atoms with van der Waals surface area (Å²) in [5.41, 5.74) is 2.29. The monoisotopic (exact) mass is 219 g/mol. The number of carbonyl (C=O) groups is 2. The third kappa shape index (κ3) is 4.26. The van der Waals surface area contributed by atoms with E-state index >= 15 is 0 Å². The van der Waals surface area contributed by atoms with Crippen LogP contribution in [0.2, 0.25) is 0 Å². The van der Waals surface area contributed by atoms with Gasteiger partial charge in [-0.1, -0.05) is 38.1 Å². The zero-order chi connectivity index (χ0) is 12.0. The van der Waals surface area contributed by atoms with Crippen LogP contribution in [0.5, 0.6) is 0 Å². The van der Waals surface area contributed by atoms with Gasteiger partial charge in [0.25, 0.3) is 5.91 Å². The maximum absolute atomic E-state index is 10.7. The van der Waals surface area contributed by atoms with Crippen LogP contribution in [0.15, 0.2) is 24.3 Å². The van der Waals surface area contributed by atoms with Crippen LogP contribution in [0.25, 0.3) is 0 Å². The number of benzene rings is 1. The largest absolute Gasteiger partial charge is 0.346 e. The van der Waals surface area contributed by atoms with E-state index in [4.69, 9.17) is 0 Å².